The van der Waals surface area contributed by atoms with Crippen LogP contribution in [0.15, 0.2) is 11.6 Å². The average Bonchev–Trinajstić information content (AvgIpc) is 2.03. The van der Waals surface area contributed by atoms with Crippen molar-refractivity contribution in [1.29, 1.82) is 0 Å². The van der Waals surface area contributed by atoms with E-state index in [0.29, 0.717) is 5.78 Å². The van der Waals surface area contributed by atoms with Gasteiger partial charge in [-0.05, 0) is 38.5 Å². The SMILES string of the molecule is CC(=O)CCC1=CCCCC1C. The van der Waals surface area contributed by atoms with Crippen LogP contribution in [0.5, 0.6) is 0 Å². The maximum absolute atomic E-state index is 10.8. The van der Waals surface area contributed by atoms with Gasteiger partial charge in [0, 0.05) is 6.42 Å². The summed E-state index contributed by atoms with van der Waals surface area (Å²) >= 11 is 0. The predicted octanol–water partition coefficient (Wildman–Crippen LogP) is 3.10. The van der Waals surface area contributed by atoms with E-state index in [4.69, 9.17) is 0 Å². The number of allylic oxidation sites excluding steroid dienone is 2. The van der Waals surface area contributed by atoms with E-state index in [0.717, 1.165) is 18.8 Å². The number of carbonyl (C=O) groups is 1. The number of carbonyl (C=O) groups excluding carboxylic acids is 1. The molecule has 0 saturated carbocycles. The molecule has 0 aromatic heterocycles. The second-order valence-electron chi connectivity index (χ2n) is 3.81. The third kappa shape index (κ3) is 2.80. The first-order chi connectivity index (χ1) is 5.70. The Bertz CT molecular complexity index is 191. The molecule has 1 aliphatic rings. The molecule has 1 nitrogen and oxygen atoms in total. The zero-order chi connectivity index (χ0) is 8.97. The van der Waals surface area contributed by atoms with Crippen molar-refractivity contribution in [2.45, 2.75) is 46.0 Å². The van der Waals surface area contributed by atoms with E-state index in [9.17, 15) is 4.79 Å². The molecule has 0 aromatic carbocycles. The minimum atomic E-state index is 0.314. The number of hydrogen-bond acceptors (Lipinski definition) is 1. The summed E-state index contributed by atoms with van der Waals surface area (Å²) in [4.78, 5) is 10.8. The summed E-state index contributed by atoms with van der Waals surface area (Å²) in [5.41, 5.74) is 1.51. The molecule has 68 valence electrons. The molecule has 0 aromatic rings. The van der Waals surface area contributed by atoms with Gasteiger partial charge in [0.15, 0.2) is 0 Å². The molecule has 1 heteroatoms. The number of ketones is 1. The molecule has 1 rings (SSSR count). The van der Waals surface area contributed by atoms with E-state index in [1.165, 1.54) is 24.8 Å². The normalized spacial score (nSPS) is 23.5. The van der Waals surface area contributed by atoms with E-state index in [2.05, 4.69) is 13.0 Å². The molecule has 0 aliphatic heterocycles. The van der Waals surface area contributed by atoms with Crippen molar-refractivity contribution in [3.8, 4) is 0 Å². The molecule has 1 atom stereocenters. The van der Waals surface area contributed by atoms with Gasteiger partial charge in [0.2, 0.25) is 0 Å². The molecule has 0 heterocycles. The van der Waals surface area contributed by atoms with Crippen molar-refractivity contribution in [3.63, 3.8) is 0 Å². The summed E-state index contributed by atoms with van der Waals surface area (Å²) in [5.74, 6) is 1.03. The Kier molecular flexibility index (Phi) is 3.51. The molecule has 1 unspecified atom stereocenters. The molecule has 0 spiro atoms. The van der Waals surface area contributed by atoms with Crippen molar-refractivity contribution in [3.05, 3.63) is 11.6 Å². The number of hydrogen-bond donors (Lipinski definition) is 0. The zero-order valence-electron chi connectivity index (χ0n) is 8.10. The fraction of sp³-hybridized carbons (Fsp3) is 0.727. The van der Waals surface area contributed by atoms with Crippen molar-refractivity contribution in [2.75, 3.05) is 0 Å². The summed E-state index contributed by atoms with van der Waals surface area (Å²) in [6.07, 6.45) is 7.91. The average molecular weight is 166 g/mol. The van der Waals surface area contributed by atoms with Crippen LogP contribution < -0.4 is 0 Å². The first-order valence-electron chi connectivity index (χ1n) is 4.88. The van der Waals surface area contributed by atoms with Crippen LogP contribution in [-0.4, -0.2) is 5.78 Å². The van der Waals surface area contributed by atoms with Crippen LogP contribution in [0.2, 0.25) is 0 Å². The highest BCUT2D eigenvalue weighted by atomic mass is 16.1. The van der Waals surface area contributed by atoms with Crippen molar-refractivity contribution < 1.29 is 4.79 Å². The predicted molar refractivity (Wildman–Crippen MR) is 51.0 cm³/mol. The van der Waals surface area contributed by atoms with Crippen LogP contribution in [-0.2, 0) is 4.79 Å². The van der Waals surface area contributed by atoms with Crippen LogP contribution in [0.25, 0.3) is 0 Å². The topological polar surface area (TPSA) is 17.1 Å². The second-order valence-corrected chi connectivity index (χ2v) is 3.81. The smallest absolute Gasteiger partial charge is 0.130 e. The lowest BCUT2D eigenvalue weighted by molar-refractivity contribution is -0.117. The Hall–Kier alpha value is -0.590. The summed E-state index contributed by atoms with van der Waals surface area (Å²) in [6, 6.07) is 0. The first-order valence-corrected chi connectivity index (χ1v) is 4.88. The Labute approximate surface area is 74.9 Å². The van der Waals surface area contributed by atoms with Crippen LogP contribution in [0.4, 0.5) is 0 Å². The lowest BCUT2D eigenvalue weighted by Gasteiger charge is -2.19. The van der Waals surface area contributed by atoms with Gasteiger partial charge in [-0.2, -0.15) is 0 Å². The summed E-state index contributed by atoms with van der Waals surface area (Å²) < 4.78 is 0. The van der Waals surface area contributed by atoms with Gasteiger partial charge in [0.05, 0.1) is 0 Å². The van der Waals surface area contributed by atoms with Gasteiger partial charge < -0.3 is 4.79 Å². The minimum absolute atomic E-state index is 0.314. The minimum Gasteiger partial charge on any atom is -0.300 e. The van der Waals surface area contributed by atoms with Gasteiger partial charge in [0.25, 0.3) is 0 Å². The fourth-order valence-electron chi connectivity index (χ4n) is 1.77. The third-order valence-corrected chi connectivity index (χ3v) is 2.65. The molecule has 0 bridgehead atoms. The van der Waals surface area contributed by atoms with Gasteiger partial charge in [-0.25, -0.2) is 0 Å². The first kappa shape index (κ1) is 9.50. The lowest BCUT2D eigenvalue weighted by Crippen LogP contribution is -2.05. The van der Waals surface area contributed by atoms with Gasteiger partial charge >= 0.3 is 0 Å². The second kappa shape index (κ2) is 4.44. The number of Topliss-reactive ketones (excluding diaryl/α,β-unsaturated/α-hetero) is 1. The maximum Gasteiger partial charge on any atom is 0.130 e. The van der Waals surface area contributed by atoms with E-state index in [1.807, 2.05) is 0 Å². The zero-order valence-corrected chi connectivity index (χ0v) is 8.10. The monoisotopic (exact) mass is 166 g/mol. The summed E-state index contributed by atoms with van der Waals surface area (Å²) in [7, 11) is 0. The van der Waals surface area contributed by atoms with Crippen LogP contribution >= 0.6 is 0 Å². The molecule has 0 saturated heterocycles. The van der Waals surface area contributed by atoms with Crippen LogP contribution in [0, 0.1) is 5.92 Å². The lowest BCUT2D eigenvalue weighted by atomic mass is 9.86. The van der Waals surface area contributed by atoms with Crippen LogP contribution in [0.3, 0.4) is 0 Å². The molecular formula is C11H18O. The molecular weight excluding hydrogens is 148 g/mol. The van der Waals surface area contributed by atoms with E-state index in [1.54, 1.807) is 6.92 Å². The molecule has 0 fully saturated rings. The van der Waals surface area contributed by atoms with E-state index < -0.39 is 0 Å². The number of rotatable bonds is 3. The largest absolute Gasteiger partial charge is 0.300 e. The molecule has 0 radical (unpaired) electrons. The highest BCUT2D eigenvalue weighted by Crippen LogP contribution is 2.27. The standard InChI is InChI=1S/C11H18O/c1-9-5-3-4-6-11(9)8-7-10(2)12/h6,9H,3-5,7-8H2,1-2H3. The van der Waals surface area contributed by atoms with E-state index in [-0.39, 0.29) is 0 Å². The van der Waals surface area contributed by atoms with Gasteiger partial charge in [-0.1, -0.05) is 18.6 Å². The van der Waals surface area contributed by atoms with Crippen LogP contribution in [0.1, 0.15) is 46.0 Å². The van der Waals surface area contributed by atoms with Gasteiger partial charge in [-0.15, -0.1) is 0 Å². The highest BCUT2D eigenvalue weighted by Gasteiger charge is 2.12. The van der Waals surface area contributed by atoms with Crippen molar-refractivity contribution in [1.82, 2.24) is 0 Å². The third-order valence-electron chi connectivity index (χ3n) is 2.65. The molecule has 1 aliphatic carbocycles. The Morgan fingerprint density at radius 3 is 3.00 bits per heavy atom. The fourth-order valence-corrected chi connectivity index (χ4v) is 1.77. The summed E-state index contributed by atoms with van der Waals surface area (Å²) in [6.45, 7) is 3.94. The van der Waals surface area contributed by atoms with Gasteiger partial charge in [0.1, 0.15) is 5.78 Å². The highest BCUT2D eigenvalue weighted by molar-refractivity contribution is 5.75. The van der Waals surface area contributed by atoms with Crippen molar-refractivity contribution in [2.24, 2.45) is 5.92 Å². The Morgan fingerprint density at radius 1 is 1.67 bits per heavy atom. The van der Waals surface area contributed by atoms with Crippen molar-refractivity contribution >= 4 is 5.78 Å². The Balaban J connectivity index is 2.39. The maximum atomic E-state index is 10.8. The van der Waals surface area contributed by atoms with Gasteiger partial charge in [-0.3, -0.25) is 0 Å². The Morgan fingerprint density at radius 2 is 2.42 bits per heavy atom. The van der Waals surface area contributed by atoms with E-state index >= 15 is 0 Å². The molecule has 12 heavy (non-hydrogen) atoms. The molecule has 0 N–H and O–H groups in total. The molecule has 0 amide bonds. The summed E-state index contributed by atoms with van der Waals surface area (Å²) in [5, 5.41) is 0. The quantitative estimate of drug-likeness (QED) is 0.589.